The van der Waals surface area contributed by atoms with Crippen molar-refractivity contribution < 1.29 is 9.59 Å². The predicted octanol–water partition coefficient (Wildman–Crippen LogP) is 2.21. The number of anilines is 2. The third-order valence-corrected chi connectivity index (χ3v) is 3.90. The molecule has 2 heterocycles. The zero-order valence-electron chi connectivity index (χ0n) is 12.7. The van der Waals surface area contributed by atoms with Crippen molar-refractivity contribution in [2.45, 2.75) is 25.7 Å². The van der Waals surface area contributed by atoms with Crippen molar-refractivity contribution in [1.82, 2.24) is 10.3 Å². The van der Waals surface area contributed by atoms with Crippen LogP contribution in [0.4, 0.5) is 11.5 Å². The van der Waals surface area contributed by atoms with Gasteiger partial charge in [-0.05, 0) is 44.4 Å². The van der Waals surface area contributed by atoms with Crippen LogP contribution in [0.5, 0.6) is 0 Å². The van der Waals surface area contributed by atoms with Gasteiger partial charge in [0.2, 0.25) is 11.8 Å². The Bertz CT molecular complexity index is 529. The Morgan fingerprint density at radius 2 is 1.78 bits per heavy atom. The van der Waals surface area contributed by atoms with E-state index in [1.807, 2.05) is 0 Å². The van der Waals surface area contributed by atoms with Crippen molar-refractivity contribution in [1.29, 1.82) is 0 Å². The summed E-state index contributed by atoms with van der Waals surface area (Å²) in [6.45, 7) is 1.72. The fraction of sp³-hybridized carbons (Fsp3) is 0.533. The standard InChI is InChI=1S/C15H20N4O2.2ClH/c20-14(10-3-4-10)19-13-6-5-12(9-17-13)18-15(21)11-2-1-7-16-8-11;;/h5-6,9-11,16H,1-4,7-8H2,(H,18,21)(H,17,19,20);2*1H. The third kappa shape index (κ3) is 5.64. The Balaban J connectivity index is 0.00000132. The first kappa shape index (κ1) is 19.7. The maximum atomic E-state index is 12.1. The predicted molar refractivity (Wildman–Crippen MR) is 94.3 cm³/mol. The lowest BCUT2D eigenvalue weighted by Gasteiger charge is -2.21. The van der Waals surface area contributed by atoms with Gasteiger partial charge in [0.15, 0.2) is 0 Å². The van der Waals surface area contributed by atoms with Crippen LogP contribution in [0.3, 0.4) is 0 Å². The number of piperidine rings is 1. The average molecular weight is 361 g/mol. The molecule has 23 heavy (non-hydrogen) atoms. The third-order valence-electron chi connectivity index (χ3n) is 3.90. The second-order valence-electron chi connectivity index (χ2n) is 5.73. The summed E-state index contributed by atoms with van der Waals surface area (Å²) < 4.78 is 0. The summed E-state index contributed by atoms with van der Waals surface area (Å²) in [6, 6.07) is 3.48. The van der Waals surface area contributed by atoms with E-state index in [2.05, 4.69) is 20.9 Å². The van der Waals surface area contributed by atoms with Gasteiger partial charge in [0, 0.05) is 12.5 Å². The van der Waals surface area contributed by atoms with Crippen molar-refractivity contribution in [2.24, 2.45) is 11.8 Å². The molecule has 1 atom stereocenters. The molecule has 1 aromatic rings. The van der Waals surface area contributed by atoms with Crippen LogP contribution in [0, 0.1) is 11.8 Å². The van der Waals surface area contributed by atoms with E-state index in [1.54, 1.807) is 18.3 Å². The monoisotopic (exact) mass is 360 g/mol. The molecule has 2 fully saturated rings. The van der Waals surface area contributed by atoms with E-state index in [9.17, 15) is 9.59 Å². The van der Waals surface area contributed by atoms with Crippen LogP contribution >= 0.6 is 24.8 Å². The Morgan fingerprint density at radius 1 is 1.04 bits per heavy atom. The largest absolute Gasteiger partial charge is 0.324 e. The molecular weight excluding hydrogens is 339 g/mol. The maximum absolute atomic E-state index is 12.1. The molecule has 2 aliphatic rings. The Hall–Kier alpha value is -1.37. The maximum Gasteiger partial charge on any atom is 0.228 e. The van der Waals surface area contributed by atoms with E-state index in [4.69, 9.17) is 0 Å². The molecule has 0 aromatic carbocycles. The fourth-order valence-electron chi connectivity index (χ4n) is 2.44. The van der Waals surface area contributed by atoms with Crippen LogP contribution < -0.4 is 16.0 Å². The van der Waals surface area contributed by atoms with Gasteiger partial charge in [-0.1, -0.05) is 0 Å². The van der Waals surface area contributed by atoms with Gasteiger partial charge in [0.1, 0.15) is 5.82 Å². The topological polar surface area (TPSA) is 83.1 Å². The van der Waals surface area contributed by atoms with Gasteiger partial charge >= 0.3 is 0 Å². The minimum Gasteiger partial charge on any atom is -0.324 e. The quantitative estimate of drug-likeness (QED) is 0.768. The Labute approximate surface area is 148 Å². The molecule has 1 aromatic heterocycles. The molecule has 0 radical (unpaired) electrons. The van der Waals surface area contributed by atoms with Gasteiger partial charge in [-0.25, -0.2) is 4.98 Å². The van der Waals surface area contributed by atoms with Crippen LogP contribution in [0.1, 0.15) is 25.7 Å². The second kappa shape index (κ2) is 9.05. The molecule has 2 amide bonds. The van der Waals surface area contributed by atoms with E-state index >= 15 is 0 Å². The number of carbonyl (C=O) groups excluding carboxylic acids is 2. The number of hydrogen-bond donors (Lipinski definition) is 3. The first-order valence-electron chi connectivity index (χ1n) is 7.51. The van der Waals surface area contributed by atoms with Crippen molar-refractivity contribution in [3.05, 3.63) is 18.3 Å². The van der Waals surface area contributed by atoms with E-state index in [0.717, 1.165) is 38.8 Å². The van der Waals surface area contributed by atoms with Crippen molar-refractivity contribution in [3.63, 3.8) is 0 Å². The lowest BCUT2D eigenvalue weighted by molar-refractivity contribution is -0.120. The summed E-state index contributed by atoms with van der Waals surface area (Å²) in [5, 5.41) is 8.87. The molecule has 3 rings (SSSR count). The SMILES string of the molecule is Cl.Cl.O=C(Nc1ccc(NC(=O)C2CC2)nc1)C1CCCNC1. The van der Waals surface area contributed by atoms with Gasteiger partial charge in [-0.2, -0.15) is 0 Å². The second-order valence-corrected chi connectivity index (χ2v) is 5.73. The summed E-state index contributed by atoms with van der Waals surface area (Å²) in [7, 11) is 0. The number of halogens is 2. The molecule has 1 saturated heterocycles. The molecule has 1 aliphatic carbocycles. The Morgan fingerprint density at radius 3 is 2.35 bits per heavy atom. The van der Waals surface area contributed by atoms with Crippen LogP contribution in [-0.4, -0.2) is 29.9 Å². The van der Waals surface area contributed by atoms with E-state index < -0.39 is 0 Å². The number of nitrogens with zero attached hydrogens (tertiary/aromatic N) is 1. The van der Waals surface area contributed by atoms with Crippen LogP contribution in [-0.2, 0) is 9.59 Å². The summed E-state index contributed by atoms with van der Waals surface area (Å²) >= 11 is 0. The molecule has 0 bridgehead atoms. The summed E-state index contributed by atoms with van der Waals surface area (Å²) in [5.74, 6) is 0.772. The van der Waals surface area contributed by atoms with E-state index in [-0.39, 0.29) is 48.5 Å². The number of hydrogen-bond acceptors (Lipinski definition) is 4. The molecule has 3 N–H and O–H groups in total. The summed E-state index contributed by atoms with van der Waals surface area (Å²) in [6.07, 6.45) is 5.46. The van der Waals surface area contributed by atoms with E-state index in [0.29, 0.717) is 11.5 Å². The minimum atomic E-state index is 0. The van der Waals surface area contributed by atoms with Gasteiger partial charge in [0.05, 0.1) is 17.8 Å². The fourth-order valence-corrected chi connectivity index (χ4v) is 2.44. The van der Waals surface area contributed by atoms with Gasteiger partial charge < -0.3 is 16.0 Å². The molecule has 0 spiro atoms. The van der Waals surface area contributed by atoms with Gasteiger partial charge in [-0.15, -0.1) is 24.8 Å². The molecule has 8 heteroatoms. The van der Waals surface area contributed by atoms with Crippen molar-refractivity contribution >= 4 is 48.1 Å². The van der Waals surface area contributed by atoms with Crippen molar-refractivity contribution in [3.8, 4) is 0 Å². The number of aromatic nitrogens is 1. The highest BCUT2D eigenvalue weighted by molar-refractivity contribution is 5.94. The number of carbonyl (C=O) groups is 2. The van der Waals surface area contributed by atoms with Crippen molar-refractivity contribution in [2.75, 3.05) is 23.7 Å². The molecule has 1 aliphatic heterocycles. The first-order chi connectivity index (χ1) is 10.2. The molecule has 1 saturated carbocycles. The zero-order valence-corrected chi connectivity index (χ0v) is 14.3. The molecule has 128 valence electrons. The number of nitrogens with one attached hydrogen (secondary N) is 3. The summed E-state index contributed by atoms with van der Waals surface area (Å²) in [4.78, 5) is 27.9. The highest BCUT2D eigenvalue weighted by atomic mass is 35.5. The molecule has 1 unspecified atom stereocenters. The zero-order chi connectivity index (χ0) is 14.7. The normalized spacial score (nSPS) is 19.7. The Kier molecular flexibility index (Phi) is 7.75. The van der Waals surface area contributed by atoms with Gasteiger partial charge in [0.25, 0.3) is 0 Å². The lowest BCUT2D eigenvalue weighted by Crippen LogP contribution is -2.37. The smallest absolute Gasteiger partial charge is 0.228 e. The highest BCUT2D eigenvalue weighted by Crippen LogP contribution is 2.30. The van der Waals surface area contributed by atoms with Crippen LogP contribution in [0.2, 0.25) is 0 Å². The minimum absolute atomic E-state index is 0. The van der Waals surface area contributed by atoms with Crippen LogP contribution in [0.25, 0.3) is 0 Å². The molecular formula is C15H22Cl2N4O2. The first-order valence-corrected chi connectivity index (χ1v) is 7.51. The highest BCUT2D eigenvalue weighted by Gasteiger charge is 2.29. The number of pyridine rings is 1. The average Bonchev–Trinajstić information content (AvgIpc) is 3.35. The van der Waals surface area contributed by atoms with Gasteiger partial charge in [-0.3, -0.25) is 9.59 Å². The number of rotatable bonds is 4. The molecule has 6 nitrogen and oxygen atoms in total. The van der Waals surface area contributed by atoms with E-state index in [1.165, 1.54) is 0 Å². The number of amides is 2. The summed E-state index contributed by atoms with van der Waals surface area (Å²) in [5.41, 5.74) is 0.662. The van der Waals surface area contributed by atoms with Crippen LogP contribution in [0.15, 0.2) is 18.3 Å². The lowest BCUT2D eigenvalue weighted by atomic mass is 9.99.